The van der Waals surface area contributed by atoms with E-state index >= 15 is 0 Å². The maximum absolute atomic E-state index is 10.4. The summed E-state index contributed by atoms with van der Waals surface area (Å²) in [6.45, 7) is 4.36. The minimum atomic E-state index is -0.435. The maximum atomic E-state index is 10.4. The van der Waals surface area contributed by atoms with Crippen LogP contribution < -0.4 is 14.5 Å². The van der Waals surface area contributed by atoms with E-state index in [2.05, 4.69) is 247 Å². The molecule has 5 aliphatic rings. The van der Waals surface area contributed by atoms with E-state index in [1.807, 2.05) is 70.8 Å². The summed E-state index contributed by atoms with van der Waals surface area (Å²) in [5.41, 5.74) is 21.6. The fourth-order valence-corrected chi connectivity index (χ4v) is 20.2. The van der Waals surface area contributed by atoms with Crippen molar-refractivity contribution >= 4 is 100 Å². The Morgan fingerprint density at radius 3 is 1.89 bits per heavy atom. The van der Waals surface area contributed by atoms with E-state index in [0.29, 0.717) is 17.5 Å². The lowest BCUT2D eigenvalue weighted by atomic mass is 9.86. The van der Waals surface area contributed by atoms with Gasteiger partial charge in [0.05, 0.1) is 45.4 Å². The van der Waals surface area contributed by atoms with Crippen molar-refractivity contribution in [3.63, 3.8) is 0 Å². The largest absolute Gasteiger partial charge is 0.460 e. The van der Waals surface area contributed by atoms with Gasteiger partial charge >= 0.3 is 0 Å². The summed E-state index contributed by atoms with van der Waals surface area (Å²) in [6.07, 6.45) is 13.5. The number of aromatic nitrogens is 1. The molecule has 456 valence electrons. The zero-order valence-corrected chi connectivity index (χ0v) is 55.3. The molecule has 10 aromatic carbocycles. The lowest BCUT2D eigenvalue weighted by Gasteiger charge is -2.40. The van der Waals surface area contributed by atoms with E-state index < -0.39 is 11.1 Å². The molecule has 11 heteroatoms. The van der Waals surface area contributed by atoms with Gasteiger partial charge in [-0.2, -0.15) is 10.5 Å². The first kappa shape index (κ1) is 57.4. The topological polar surface area (TPSA) is 77.5 Å². The number of ether oxygens (including phenoxy) is 2. The first-order valence-corrected chi connectivity index (χ1v) is 35.8. The molecule has 3 aliphatic carbocycles. The third-order valence-electron chi connectivity index (χ3n) is 19.5. The molecule has 0 radical (unpaired) electrons. The second kappa shape index (κ2) is 23.3. The Morgan fingerprint density at radius 2 is 1.19 bits per heavy atom. The van der Waals surface area contributed by atoms with Crippen molar-refractivity contribution in [2.75, 3.05) is 9.80 Å². The van der Waals surface area contributed by atoms with Crippen LogP contribution in [0.5, 0.6) is 5.75 Å². The third-order valence-corrected chi connectivity index (χ3v) is 24.2. The van der Waals surface area contributed by atoms with E-state index in [4.69, 9.17) is 9.47 Å². The molecule has 0 saturated carbocycles. The summed E-state index contributed by atoms with van der Waals surface area (Å²) in [7, 11) is 0. The number of nitrogens with zero attached hydrogens (tertiary/aromatic N) is 5. The van der Waals surface area contributed by atoms with E-state index in [0.717, 1.165) is 126 Å². The van der Waals surface area contributed by atoms with Crippen LogP contribution >= 0.6 is 46.2 Å². The summed E-state index contributed by atoms with van der Waals surface area (Å²) in [4.78, 5) is 10.0. The second-order valence-corrected chi connectivity index (χ2v) is 29.3. The van der Waals surface area contributed by atoms with Crippen molar-refractivity contribution in [1.82, 2.24) is 4.57 Å². The summed E-state index contributed by atoms with van der Waals surface area (Å²) < 4.78 is 19.8. The van der Waals surface area contributed by atoms with Crippen LogP contribution in [0.1, 0.15) is 69.3 Å². The number of hydrogen-bond acceptors (Lipinski definition) is 10. The molecular formula is C84H59N5O2S4. The summed E-state index contributed by atoms with van der Waals surface area (Å²) in [5, 5.41) is 24.6. The normalized spacial score (nSPS) is 16.6. The Labute approximate surface area is 568 Å². The lowest BCUT2D eigenvalue weighted by molar-refractivity contribution is 0.210. The number of nitriles is 2. The number of hydrogen-bond donors (Lipinski definition) is 0. The minimum Gasteiger partial charge on any atom is -0.460 e. The number of thiophene rings is 2. The number of anilines is 3. The number of fused-ring (bicyclic) bond motifs is 12. The standard InChI is InChI=1S/C84H59N5O2S4/c1-50-41-58(37-39-61(50)63-27-11-9-25-54(63)48-85)88(83-90-71-31-15-19-35-75(71)94-83)67-46-69-79(81-77(67)65-29-13-17-33-73(65)92-81)80-70(87(69)60-44-56(52-21-5-3-6-22-52)43-57(45-60)53-23-7-4-8-24-53)47-68(78-66-30-14-18-34-74(66)93-82(78)80)89(84-91-72-32-16-20-36-76(72)95-84)59-38-40-62(51(2)42-59)64-28-12-10-26-55(64)49-86/h3-13,15-19,21-29,31-35,37-45,47,67,83-84H,14,20,30,36,46H2,1-2H3. The van der Waals surface area contributed by atoms with Crippen LogP contribution in [0.3, 0.4) is 0 Å². The predicted molar refractivity (Wildman–Crippen MR) is 396 cm³/mol. The molecule has 2 aliphatic heterocycles. The molecule has 0 saturated heterocycles. The molecule has 3 atom stereocenters. The first-order valence-electron chi connectivity index (χ1n) is 32.4. The fourth-order valence-electron chi connectivity index (χ4n) is 15.2. The molecule has 0 bridgehead atoms. The highest BCUT2D eigenvalue weighted by atomic mass is 32.2. The molecule has 13 aromatic rings. The van der Waals surface area contributed by atoms with Gasteiger partial charge in [0.15, 0.2) is 0 Å². The van der Waals surface area contributed by atoms with Crippen molar-refractivity contribution < 1.29 is 9.47 Å². The van der Waals surface area contributed by atoms with E-state index in [-0.39, 0.29) is 6.04 Å². The van der Waals surface area contributed by atoms with Crippen molar-refractivity contribution in [1.29, 1.82) is 10.5 Å². The van der Waals surface area contributed by atoms with E-state index in [1.54, 1.807) is 11.8 Å². The quantitative estimate of drug-likeness (QED) is 0.127. The number of benzene rings is 10. The molecule has 0 spiro atoms. The molecule has 18 rings (SSSR count). The average molecular weight is 1300 g/mol. The Balaban J connectivity index is 0.946. The Kier molecular flexibility index (Phi) is 14.1. The van der Waals surface area contributed by atoms with Crippen LogP contribution in [0.2, 0.25) is 0 Å². The van der Waals surface area contributed by atoms with Crippen molar-refractivity contribution in [2.24, 2.45) is 0 Å². The molecular weight excluding hydrogens is 1240 g/mol. The number of para-hydroxylation sites is 1. The molecule has 0 amide bonds. The highest BCUT2D eigenvalue weighted by molar-refractivity contribution is 8.03. The van der Waals surface area contributed by atoms with Crippen LogP contribution in [0.15, 0.2) is 252 Å². The fraction of sp³-hybridized carbons (Fsp3) is 0.119. The highest BCUT2D eigenvalue weighted by Crippen LogP contribution is 2.60. The molecule has 95 heavy (non-hydrogen) atoms. The maximum Gasteiger partial charge on any atom is 0.229 e. The molecule has 0 N–H and O–H groups in total. The van der Waals surface area contributed by atoms with Crippen LogP contribution in [0.25, 0.3) is 97.8 Å². The van der Waals surface area contributed by atoms with E-state index in [9.17, 15) is 10.5 Å². The number of allylic oxidation sites excluding steroid dienone is 4. The SMILES string of the molecule is Cc1cc(N(c2cc3c(c4c(n3-c3cc(-c5ccccc5)cc(-c5ccccc5)c3)CC(N(c3ccc(-c5ccccc5C#N)c(C)c3)C3Oc5ccccc5S3)c3c-4sc4ccccc34)c3sc4c(c23)CCC=C4)C2OC3=C(CCC=C3)S2)ccc1-c1ccccc1C#N. The van der Waals surface area contributed by atoms with Gasteiger partial charge in [0.1, 0.15) is 11.5 Å². The Bertz CT molecular complexity index is 5440. The van der Waals surface area contributed by atoms with Crippen LogP contribution in [-0.2, 0) is 17.6 Å². The van der Waals surface area contributed by atoms with Crippen LogP contribution in [0, 0.1) is 36.5 Å². The van der Waals surface area contributed by atoms with Gasteiger partial charge in [0.25, 0.3) is 0 Å². The predicted octanol–water partition coefficient (Wildman–Crippen LogP) is 23.0. The average Bonchev–Trinajstić information content (AvgIpc) is 1.56. The van der Waals surface area contributed by atoms with Gasteiger partial charge in [-0.25, -0.2) is 0 Å². The number of aryl methyl sites for hydroxylation is 3. The monoisotopic (exact) mass is 1300 g/mol. The molecule has 0 fully saturated rings. The van der Waals surface area contributed by atoms with Crippen LogP contribution in [-0.4, -0.2) is 15.7 Å². The zero-order chi connectivity index (χ0) is 63.4. The Hall–Kier alpha value is -10.2. The van der Waals surface area contributed by atoms with Gasteiger partial charge in [-0.3, -0.25) is 4.90 Å². The molecule has 7 nitrogen and oxygen atoms in total. The molecule has 5 heterocycles. The summed E-state index contributed by atoms with van der Waals surface area (Å²) in [6, 6.07) is 83.1. The van der Waals surface area contributed by atoms with E-state index in [1.165, 1.54) is 62.6 Å². The van der Waals surface area contributed by atoms with Gasteiger partial charge in [-0.05, 0) is 197 Å². The zero-order valence-electron chi connectivity index (χ0n) is 52.0. The van der Waals surface area contributed by atoms with Gasteiger partial charge in [0.2, 0.25) is 11.1 Å². The number of thioether (sulfide) groups is 2. The van der Waals surface area contributed by atoms with Gasteiger partial charge in [0, 0.05) is 75.1 Å². The third kappa shape index (κ3) is 9.58. The van der Waals surface area contributed by atoms with Gasteiger partial charge in [-0.1, -0.05) is 175 Å². The summed E-state index contributed by atoms with van der Waals surface area (Å²) in [5.74, 6) is 1.82. The highest BCUT2D eigenvalue weighted by Gasteiger charge is 2.44. The van der Waals surface area contributed by atoms with Crippen LogP contribution in [0.4, 0.5) is 17.1 Å². The van der Waals surface area contributed by atoms with Crippen molar-refractivity contribution in [2.45, 2.75) is 68.0 Å². The van der Waals surface area contributed by atoms with Gasteiger partial charge < -0.3 is 18.9 Å². The van der Waals surface area contributed by atoms with Gasteiger partial charge in [-0.15, -0.1) is 22.7 Å². The summed E-state index contributed by atoms with van der Waals surface area (Å²) >= 11 is 7.44. The lowest BCUT2D eigenvalue weighted by Crippen LogP contribution is -2.41. The minimum absolute atomic E-state index is 0.238. The molecule has 3 unspecified atom stereocenters. The van der Waals surface area contributed by atoms with Crippen molar-refractivity contribution in [3.05, 3.63) is 291 Å². The Morgan fingerprint density at radius 1 is 0.547 bits per heavy atom. The first-order chi connectivity index (χ1) is 46.8. The smallest absolute Gasteiger partial charge is 0.229 e. The van der Waals surface area contributed by atoms with Crippen molar-refractivity contribution in [3.8, 4) is 78.5 Å². The number of rotatable bonds is 11. The second-order valence-electron chi connectivity index (χ2n) is 24.9. The molecule has 3 aromatic heterocycles.